The number of alkyl halides is 12. The lowest BCUT2D eigenvalue weighted by atomic mass is 9.53. The van der Waals surface area contributed by atoms with E-state index in [4.69, 9.17) is 0 Å². The van der Waals surface area contributed by atoms with Gasteiger partial charge in [-0.15, -0.1) is 0 Å². The van der Waals surface area contributed by atoms with E-state index in [0.29, 0.717) is 0 Å². The Morgan fingerprint density at radius 2 is 0.591 bits per heavy atom. The molecule has 1 aliphatic rings. The van der Waals surface area contributed by atoms with Crippen molar-refractivity contribution in [3.05, 3.63) is 0 Å². The van der Waals surface area contributed by atoms with Gasteiger partial charge in [-0.05, 0) is 12.8 Å². The molecule has 0 N–H and O–H groups in total. The van der Waals surface area contributed by atoms with Crippen LogP contribution in [0.1, 0.15) is 25.7 Å². The molecule has 12 heteroatoms. The SMILES string of the molecule is FC(F)(F)C1(C(F)(F)F)CCCCC1(C(F)(F)F)C(F)(F)F. The molecular formula is C10H8F12. The third kappa shape index (κ3) is 2.24. The molecule has 0 saturated heterocycles. The molecule has 0 spiro atoms. The van der Waals surface area contributed by atoms with Gasteiger partial charge in [0.2, 0.25) is 0 Å². The smallest absolute Gasteiger partial charge is 0.170 e. The molecule has 0 unspecified atom stereocenters. The molecule has 1 fully saturated rings. The molecule has 0 aromatic heterocycles. The van der Waals surface area contributed by atoms with Crippen molar-refractivity contribution in [2.24, 2.45) is 10.8 Å². The van der Waals surface area contributed by atoms with Crippen molar-refractivity contribution in [3.63, 3.8) is 0 Å². The topological polar surface area (TPSA) is 0 Å². The highest BCUT2D eigenvalue weighted by molar-refractivity contribution is 5.14. The molecule has 1 rings (SSSR count). The summed E-state index contributed by atoms with van der Waals surface area (Å²) >= 11 is 0. The van der Waals surface area contributed by atoms with Gasteiger partial charge in [0.15, 0.2) is 10.8 Å². The van der Waals surface area contributed by atoms with Crippen LogP contribution in [0.25, 0.3) is 0 Å². The molecule has 0 nitrogen and oxygen atoms in total. The van der Waals surface area contributed by atoms with Gasteiger partial charge in [-0.2, -0.15) is 52.7 Å². The van der Waals surface area contributed by atoms with Gasteiger partial charge in [0.1, 0.15) is 0 Å². The van der Waals surface area contributed by atoms with Gasteiger partial charge >= 0.3 is 24.7 Å². The summed E-state index contributed by atoms with van der Waals surface area (Å²) in [6, 6.07) is 0. The van der Waals surface area contributed by atoms with Crippen LogP contribution in [0.5, 0.6) is 0 Å². The monoisotopic (exact) mass is 356 g/mol. The molecule has 22 heavy (non-hydrogen) atoms. The largest absolute Gasteiger partial charge is 0.404 e. The van der Waals surface area contributed by atoms with Gasteiger partial charge in [-0.1, -0.05) is 12.8 Å². The zero-order valence-corrected chi connectivity index (χ0v) is 10.4. The van der Waals surface area contributed by atoms with E-state index in [1.165, 1.54) is 0 Å². The summed E-state index contributed by atoms with van der Waals surface area (Å²) in [5.74, 6) is 0. The third-order valence-corrected chi connectivity index (χ3v) is 4.02. The second-order valence-electron chi connectivity index (χ2n) is 5.01. The zero-order valence-electron chi connectivity index (χ0n) is 10.4. The van der Waals surface area contributed by atoms with Crippen LogP contribution in [0, 0.1) is 10.8 Å². The predicted octanol–water partition coefficient (Wildman–Crippen LogP) is 5.78. The average molecular weight is 356 g/mol. The van der Waals surface area contributed by atoms with Crippen LogP contribution in [0.2, 0.25) is 0 Å². The van der Waals surface area contributed by atoms with Gasteiger partial charge in [0, 0.05) is 0 Å². The molecule has 0 amide bonds. The highest BCUT2D eigenvalue weighted by Gasteiger charge is 2.92. The van der Waals surface area contributed by atoms with Gasteiger partial charge < -0.3 is 0 Å². The molecule has 0 atom stereocenters. The third-order valence-electron chi connectivity index (χ3n) is 4.02. The fourth-order valence-corrected chi connectivity index (χ4v) is 3.06. The van der Waals surface area contributed by atoms with Gasteiger partial charge in [0.25, 0.3) is 0 Å². The highest BCUT2D eigenvalue weighted by atomic mass is 19.4. The minimum absolute atomic E-state index is 1.05. The van der Waals surface area contributed by atoms with Crippen molar-refractivity contribution in [1.29, 1.82) is 0 Å². The standard InChI is InChI=1S/C10H8F12/c11-7(12,13)5(8(14,15)16)3-1-2-4-6(5,9(17,18)19)10(20,21)22/h1-4H2. The number of hydrogen-bond acceptors (Lipinski definition) is 0. The van der Waals surface area contributed by atoms with Crippen molar-refractivity contribution in [3.8, 4) is 0 Å². The fraction of sp³-hybridized carbons (Fsp3) is 1.00. The van der Waals surface area contributed by atoms with Crippen LogP contribution < -0.4 is 0 Å². The number of halogens is 12. The van der Waals surface area contributed by atoms with Crippen molar-refractivity contribution >= 4 is 0 Å². The molecule has 0 radical (unpaired) electrons. The first-order valence-corrected chi connectivity index (χ1v) is 5.72. The Morgan fingerprint density at radius 3 is 0.727 bits per heavy atom. The maximum Gasteiger partial charge on any atom is 0.404 e. The quantitative estimate of drug-likeness (QED) is 0.483. The van der Waals surface area contributed by atoms with Crippen LogP contribution >= 0.6 is 0 Å². The van der Waals surface area contributed by atoms with E-state index in [2.05, 4.69) is 0 Å². The summed E-state index contributed by atoms with van der Waals surface area (Å²) in [4.78, 5) is 0. The Hall–Kier alpha value is -0.840. The average Bonchev–Trinajstić information content (AvgIpc) is 2.22. The van der Waals surface area contributed by atoms with Gasteiger partial charge in [-0.25, -0.2) is 0 Å². The van der Waals surface area contributed by atoms with Gasteiger partial charge in [0.05, 0.1) is 0 Å². The molecule has 132 valence electrons. The Bertz CT molecular complexity index is 338. The van der Waals surface area contributed by atoms with Crippen molar-refractivity contribution < 1.29 is 52.7 Å². The minimum Gasteiger partial charge on any atom is -0.170 e. The highest BCUT2D eigenvalue weighted by Crippen LogP contribution is 2.74. The normalized spacial score (nSPS) is 23.5. The molecule has 0 aromatic rings. The summed E-state index contributed by atoms with van der Waals surface area (Å²) in [5.41, 5.74) is -11.8. The van der Waals surface area contributed by atoms with Crippen molar-refractivity contribution in [2.75, 3.05) is 0 Å². The lowest BCUT2D eigenvalue weighted by molar-refractivity contribution is -0.479. The Kier molecular flexibility index (Phi) is 4.21. The summed E-state index contributed by atoms with van der Waals surface area (Å²) in [6.45, 7) is 0. The van der Waals surface area contributed by atoms with Crippen LogP contribution in [0.15, 0.2) is 0 Å². The lowest BCUT2D eigenvalue weighted by Gasteiger charge is -2.54. The van der Waals surface area contributed by atoms with E-state index in [1.807, 2.05) is 0 Å². The molecule has 0 heterocycles. The first-order chi connectivity index (χ1) is 9.46. The first kappa shape index (κ1) is 19.2. The summed E-state index contributed by atoms with van der Waals surface area (Å²) in [6.07, 6.45) is -33.8. The van der Waals surface area contributed by atoms with E-state index in [0.717, 1.165) is 0 Å². The lowest BCUT2D eigenvalue weighted by Crippen LogP contribution is -2.71. The van der Waals surface area contributed by atoms with E-state index in [-0.39, 0.29) is 0 Å². The fourth-order valence-electron chi connectivity index (χ4n) is 3.06. The molecule has 1 saturated carbocycles. The van der Waals surface area contributed by atoms with Crippen molar-refractivity contribution in [2.45, 2.75) is 50.4 Å². The summed E-state index contributed by atoms with van der Waals surface area (Å²) < 4.78 is 155. The van der Waals surface area contributed by atoms with E-state index >= 15 is 0 Å². The second kappa shape index (κ2) is 4.83. The molecule has 0 aliphatic heterocycles. The molecule has 0 bridgehead atoms. The number of hydrogen-bond donors (Lipinski definition) is 0. The first-order valence-electron chi connectivity index (χ1n) is 5.72. The van der Waals surface area contributed by atoms with Gasteiger partial charge in [-0.3, -0.25) is 0 Å². The van der Waals surface area contributed by atoms with Crippen molar-refractivity contribution in [1.82, 2.24) is 0 Å². The van der Waals surface area contributed by atoms with E-state index in [9.17, 15) is 52.7 Å². The molecular weight excluding hydrogens is 348 g/mol. The Balaban J connectivity index is 3.92. The maximum absolute atomic E-state index is 12.9. The molecule has 0 aromatic carbocycles. The van der Waals surface area contributed by atoms with E-state index < -0.39 is 61.2 Å². The van der Waals surface area contributed by atoms with Crippen LogP contribution in [0.4, 0.5) is 52.7 Å². The summed E-state index contributed by atoms with van der Waals surface area (Å²) in [7, 11) is 0. The number of rotatable bonds is 0. The molecule has 1 aliphatic carbocycles. The Morgan fingerprint density at radius 1 is 0.409 bits per heavy atom. The second-order valence-corrected chi connectivity index (χ2v) is 5.01. The van der Waals surface area contributed by atoms with Crippen LogP contribution in [-0.2, 0) is 0 Å². The summed E-state index contributed by atoms with van der Waals surface area (Å²) in [5, 5.41) is 0. The van der Waals surface area contributed by atoms with E-state index in [1.54, 1.807) is 0 Å². The van der Waals surface area contributed by atoms with Crippen LogP contribution in [0.3, 0.4) is 0 Å². The Labute approximate surface area is 115 Å². The van der Waals surface area contributed by atoms with Crippen LogP contribution in [-0.4, -0.2) is 24.7 Å². The zero-order chi connectivity index (χ0) is 17.8. The minimum atomic E-state index is -6.77. The predicted molar refractivity (Wildman–Crippen MR) is 47.6 cm³/mol. The maximum atomic E-state index is 12.9.